The molecule has 0 aromatic carbocycles. The van der Waals surface area contributed by atoms with Gasteiger partial charge in [-0.15, -0.1) is 0 Å². The van der Waals surface area contributed by atoms with Crippen LogP contribution in [-0.2, 0) is 15.2 Å². The van der Waals surface area contributed by atoms with Crippen molar-refractivity contribution in [2.75, 3.05) is 6.61 Å². The molecule has 0 amide bonds. The summed E-state index contributed by atoms with van der Waals surface area (Å²) in [6.07, 6.45) is -4.43. The SMILES string of the molecule is N[C@@H](C=O)[C@@H](O)[C@@H](O)[C@H](O)CO.O=S(=O)(O)O.[Na]. The zero-order valence-electron chi connectivity index (χ0n) is 9.49. The van der Waals surface area contributed by atoms with Crippen molar-refractivity contribution in [2.45, 2.75) is 24.4 Å². The van der Waals surface area contributed by atoms with Gasteiger partial charge >= 0.3 is 10.4 Å². The molecule has 0 aliphatic carbocycles. The van der Waals surface area contributed by atoms with Crippen molar-refractivity contribution < 1.29 is 42.7 Å². The second-order valence-electron chi connectivity index (χ2n) is 2.89. The molecule has 0 unspecified atom stereocenters. The van der Waals surface area contributed by atoms with Crippen molar-refractivity contribution in [3.05, 3.63) is 0 Å². The van der Waals surface area contributed by atoms with Gasteiger partial charge in [0.15, 0.2) is 0 Å². The van der Waals surface area contributed by atoms with Gasteiger partial charge in [-0.25, -0.2) is 0 Å². The fourth-order valence-corrected chi connectivity index (χ4v) is 0.644. The number of aliphatic hydroxyl groups excluding tert-OH is 4. The smallest absolute Gasteiger partial charge is 0.394 e. The maximum atomic E-state index is 10.0. The molecular weight excluding hydrogens is 285 g/mol. The predicted molar refractivity (Wildman–Crippen MR) is 59.1 cm³/mol. The zero-order chi connectivity index (χ0) is 14.2. The first-order valence-corrected chi connectivity index (χ1v) is 5.50. The number of aldehydes is 1. The van der Waals surface area contributed by atoms with Crippen molar-refractivity contribution in [3.8, 4) is 0 Å². The van der Waals surface area contributed by atoms with Gasteiger partial charge in [-0.05, 0) is 0 Å². The number of aliphatic hydroxyl groups is 4. The number of carbonyl (C=O) groups excluding carboxylic acids is 1. The Kier molecular flexibility index (Phi) is 14.6. The molecule has 0 aliphatic rings. The number of rotatable bonds is 5. The molecule has 0 rings (SSSR count). The van der Waals surface area contributed by atoms with E-state index in [1.54, 1.807) is 0 Å². The van der Waals surface area contributed by atoms with Crippen LogP contribution >= 0.6 is 0 Å². The van der Waals surface area contributed by atoms with E-state index >= 15 is 0 Å². The minimum absolute atomic E-state index is 0. The van der Waals surface area contributed by atoms with Crippen LogP contribution in [0.3, 0.4) is 0 Å². The first-order chi connectivity index (χ1) is 7.54. The van der Waals surface area contributed by atoms with Crippen molar-refractivity contribution in [1.82, 2.24) is 0 Å². The molecule has 1 radical (unpaired) electrons. The Labute approximate surface area is 125 Å². The Balaban J connectivity index is -0.000000321. The summed E-state index contributed by atoms with van der Waals surface area (Å²) in [6.45, 7) is -0.705. The predicted octanol–water partition coefficient (Wildman–Crippen LogP) is -4.45. The van der Waals surface area contributed by atoms with Gasteiger partial charge in [0.25, 0.3) is 0 Å². The second kappa shape index (κ2) is 11.2. The summed E-state index contributed by atoms with van der Waals surface area (Å²) in [6, 6.07) is -1.26. The molecular formula is C6H15NNaO9S. The van der Waals surface area contributed by atoms with Gasteiger partial charge < -0.3 is 31.0 Å². The Morgan fingerprint density at radius 2 is 1.44 bits per heavy atom. The van der Waals surface area contributed by atoms with Gasteiger partial charge in [-0.2, -0.15) is 8.42 Å². The van der Waals surface area contributed by atoms with E-state index in [4.69, 9.17) is 43.7 Å². The van der Waals surface area contributed by atoms with Crippen LogP contribution in [0.15, 0.2) is 0 Å². The molecule has 0 saturated carbocycles. The third-order valence-electron chi connectivity index (χ3n) is 1.48. The summed E-state index contributed by atoms with van der Waals surface area (Å²) < 4.78 is 31.6. The summed E-state index contributed by atoms with van der Waals surface area (Å²) in [5.74, 6) is 0. The van der Waals surface area contributed by atoms with E-state index in [0.717, 1.165) is 0 Å². The summed E-state index contributed by atoms with van der Waals surface area (Å²) in [5.41, 5.74) is 5.04. The summed E-state index contributed by atoms with van der Waals surface area (Å²) in [5, 5.41) is 35.2. The van der Waals surface area contributed by atoms with Gasteiger partial charge in [0, 0.05) is 29.6 Å². The molecule has 0 aromatic rings. The van der Waals surface area contributed by atoms with Crippen LogP contribution in [0.25, 0.3) is 0 Å². The van der Waals surface area contributed by atoms with Crippen LogP contribution in [0, 0.1) is 0 Å². The number of nitrogens with two attached hydrogens (primary N) is 1. The summed E-state index contributed by atoms with van der Waals surface area (Å²) >= 11 is 0. The fraction of sp³-hybridized carbons (Fsp3) is 0.833. The molecule has 8 N–H and O–H groups in total. The van der Waals surface area contributed by atoms with Crippen molar-refractivity contribution in [1.29, 1.82) is 0 Å². The Morgan fingerprint density at radius 1 is 1.11 bits per heavy atom. The first kappa shape index (κ1) is 23.4. The second-order valence-corrected chi connectivity index (χ2v) is 3.79. The van der Waals surface area contributed by atoms with Crippen LogP contribution in [0.2, 0.25) is 0 Å². The average molecular weight is 300 g/mol. The van der Waals surface area contributed by atoms with Crippen molar-refractivity contribution in [3.63, 3.8) is 0 Å². The molecule has 0 aromatic heterocycles. The normalized spacial score (nSPS) is 17.3. The van der Waals surface area contributed by atoms with E-state index < -0.39 is 41.4 Å². The maximum absolute atomic E-state index is 10.0. The Hall–Kier alpha value is 0.340. The summed E-state index contributed by atoms with van der Waals surface area (Å²) in [4.78, 5) is 10.0. The fourth-order valence-electron chi connectivity index (χ4n) is 0.644. The molecule has 0 aliphatic heterocycles. The maximum Gasteiger partial charge on any atom is 0.394 e. The van der Waals surface area contributed by atoms with Crippen molar-refractivity contribution >= 4 is 46.2 Å². The molecule has 0 heterocycles. The minimum atomic E-state index is -4.67. The Morgan fingerprint density at radius 3 is 1.67 bits per heavy atom. The number of hydrogen-bond acceptors (Lipinski definition) is 8. The topological polar surface area (TPSA) is 199 Å². The van der Waals surface area contributed by atoms with Gasteiger partial charge in [0.2, 0.25) is 0 Å². The molecule has 0 spiro atoms. The van der Waals surface area contributed by atoms with E-state index in [0.29, 0.717) is 0 Å². The largest absolute Gasteiger partial charge is 0.394 e. The van der Waals surface area contributed by atoms with Crippen LogP contribution in [0.4, 0.5) is 0 Å². The van der Waals surface area contributed by atoms with Gasteiger partial charge in [0.05, 0.1) is 12.6 Å². The van der Waals surface area contributed by atoms with Gasteiger partial charge in [-0.1, -0.05) is 0 Å². The third kappa shape index (κ3) is 14.4. The molecule has 105 valence electrons. The van der Waals surface area contributed by atoms with Crippen molar-refractivity contribution in [2.24, 2.45) is 5.73 Å². The summed E-state index contributed by atoms with van der Waals surface area (Å²) in [7, 11) is -4.67. The molecule has 0 bridgehead atoms. The Bertz CT molecular complexity index is 302. The quantitative estimate of drug-likeness (QED) is 0.147. The number of hydrogen-bond donors (Lipinski definition) is 7. The molecule has 18 heavy (non-hydrogen) atoms. The van der Waals surface area contributed by atoms with Gasteiger partial charge in [0.1, 0.15) is 24.6 Å². The van der Waals surface area contributed by atoms with Crippen LogP contribution in [-0.4, -0.2) is 105 Å². The first-order valence-electron chi connectivity index (χ1n) is 4.10. The average Bonchev–Trinajstić information content (AvgIpc) is 2.22. The van der Waals surface area contributed by atoms with E-state index in [9.17, 15) is 4.79 Å². The van der Waals surface area contributed by atoms with Crippen LogP contribution in [0.1, 0.15) is 0 Å². The standard InChI is InChI=1S/C6H13NO5.Na.H2O4S/c7-3(1-8)5(11)6(12)4(10)2-9;;1-5(2,3)4/h1,3-6,9-12H,2,7H2;;(H2,1,2,3,4)/t3-,4+,5+,6-;;/m0../s1. The van der Waals surface area contributed by atoms with Crippen LogP contribution < -0.4 is 5.73 Å². The number of carbonyl (C=O) groups is 1. The van der Waals surface area contributed by atoms with E-state index in [1.165, 1.54) is 0 Å². The van der Waals surface area contributed by atoms with E-state index in [2.05, 4.69) is 0 Å². The molecule has 10 nitrogen and oxygen atoms in total. The minimum Gasteiger partial charge on any atom is -0.394 e. The van der Waals surface area contributed by atoms with Crippen LogP contribution in [0.5, 0.6) is 0 Å². The molecule has 0 saturated heterocycles. The monoisotopic (exact) mass is 300 g/mol. The molecule has 0 fully saturated rings. The van der Waals surface area contributed by atoms with E-state index in [-0.39, 0.29) is 35.8 Å². The van der Waals surface area contributed by atoms with E-state index in [1.807, 2.05) is 0 Å². The molecule has 4 atom stereocenters. The third-order valence-corrected chi connectivity index (χ3v) is 1.48. The molecule has 12 heteroatoms. The zero-order valence-corrected chi connectivity index (χ0v) is 12.3. The van der Waals surface area contributed by atoms with Gasteiger partial charge in [-0.3, -0.25) is 9.11 Å².